The van der Waals surface area contributed by atoms with Gasteiger partial charge in [-0.05, 0) is 30.7 Å². The van der Waals surface area contributed by atoms with E-state index in [1.54, 1.807) is 0 Å². The number of aliphatic hydroxyl groups excluding tert-OH is 1. The Morgan fingerprint density at radius 3 is 2.45 bits per heavy atom. The molecule has 0 spiro atoms. The molecule has 1 amide bonds. The molecule has 0 bridgehead atoms. The Morgan fingerprint density at radius 2 is 1.86 bits per heavy atom. The standard InChI is InChI=1S/C14H20N2O5S/c17-9-1-6-15-14(18)12-2-4-13(5-3-12)22(19,20)16-7-10-21-11-8-16/h2-5,17H,1,6-11H2,(H,15,18). The molecule has 7 nitrogen and oxygen atoms in total. The number of rotatable bonds is 6. The van der Waals surface area contributed by atoms with Crippen molar-refractivity contribution < 1.29 is 23.1 Å². The van der Waals surface area contributed by atoms with Crippen molar-refractivity contribution in [3.63, 3.8) is 0 Å². The van der Waals surface area contributed by atoms with Gasteiger partial charge in [0.15, 0.2) is 0 Å². The van der Waals surface area contributed by atoms with Crippen molar-refractivity contribution in [2.24, 2.45) is 0 Å². The minimum Gasteiger partial charge on any atom is -0.396 e. The quantitative estimate of drug-likeness (QED) is 0.706. The predicted octanol–water partition coefficient (Wildman–Crippen LogP) is -0.180. The molecule has 8 heteroatoms. The zero-order valence-corrected chi connectivity index (χ0v) is 13.0. The van der Waals surface area contributed by atoms with Crippen LogP contribution in [-0.2, 0) is 14.8 Å². The molecule has 122 valence electrons. The van der Waals surface area contributed by atoms with Crippen molar-refractivity contribution in [2.45, 2.75) is 11.3 Å². The number of morpholine rings is 1. The van der Waals surface area contributed by atoms with Crippen LogP contribution in [0.2, 0.25) is 0 Å². The van der Waals surface area contributed by atoms with E-state index in [0.717, 1.165) is 0 Å². The number of benzene rings is 1. The Balaban J connectivity index is 2.06. The molecule has 22 heavy (non-hydrogen) atoms. The van der Waals surface area contributed by atoms with Crippen molar-refractivity contribution in [1.29, 1.82) is 0 Å². The summed E-state index contributed by atoms with van der Waals surface area (Å²) >= 11 is 0. The number of sulfonamides is 1. The lowest BCUT2D eigenvalue weighted by molar-refractivity contribution is 0.0730. The molecule has 1 saturated heterocycles. The van der Waals surface area contributed by atoms with Crippen LogP contribution in [0, 0.1) is 0 Å². The van der Waals surface area contributed by atoms with Gasteiger partial charge >= 0.3 is 0 Å². The molecule has 0 aromatic heterocycles. The van der Waals surface area contributed by atoms with Crippen LogP contribution in [-0.4, -0.2) is 63.2 Å². The molecule has 1 aromatic rings. The number of amides is 1. The Morgan fingerprint density at radius 1 is 1.23 bits per heavy atom. The summed E-state index contributed by atoms with van der Waals surface area (Å²) in [5.41, 5.74) is 0.388. The van der Waals surface area contributed by atoms with Crippen LogP contribution >= 0.6 is 0 Å². The van der Waals surface area contributed by atoms with Crippen LogP contribution < -0.4 is 5.32 Å². The first kappa shape index (κ1) is 16.9. The van der Waals surface area contributed by atoms with E-state index in [4.69, 9.17) is 9.84 Å². The van der Waals surface area contributed by atoms with Crippen molar-refractivity contribution in [1.82, 2.24) is 9.62 Å². The third-order valence-electron chi connectivity index (χ3n) is 3.34. The third-order valence-corrected chi connectivity index (χ3v) is 5.26. The van der Waals surface area contributed by atoms with Crippen LogP contribution in [0.1, 0.15) is 16.8 Å². The summed E-state index contributed by atoms with van der Waals surface area (Å²) < 4.78 is 31.4. The Labute approximate surface area is 129 Å². The minimum atomic E-state index is -3.54. The van der Waals surface area contributed by atoms with Crippen LogP contribution in [0.15, 0.2) is 29.2 Å². The van der Waals surface area contributed by atoms with E-state index in [0.29, 0.717) is 44.8 Å². The fraction of sp³-hybridized carbons (Fsp3) is 0.500. The maximum absolute atomic E-state index is 12.4. The van der Waals surface area contributed by atoms with Gasteiger partial charge in [-0.25, -0.2) is 8.42 Å². The van der Waals surface area contributed by atoms with Crippen LogP contribution in [0.25, 0.3) is 0 Å². The normalized spacial score (nSPS) is 16.4. The van der Waals surface area contributed by atoms with E-state index in [2.05, 4.69) is 5.32 Å². The van der Waals surface area contributed by atoms with Crippen molar-refractivity contribution >= 4 is 15.9 Å². The van der Waals surface area contributed by atoms with E-state index in [-0.39, 0.29) is 17.4 Å². The molecule has 0 unspecified atom stereocenters. The molecular formula is C14H20N2O5S. The highest BCUT2D eigenvalue weighted by atomic mass is 32.2. The smallest absolute Gasteiger partial charge is 0.251 e. The van der Waals surface area contributed by atoms with Crippen molar-refractivity contribution in [2.75, 3.05) is 39.5 Å². The molecule has 0 aliphatic carbocycles. The zero-order chi connectivity index (χ0) is 16.0. The number of carbonyl (C=O) groups excluding carboxylic acids is 1. The van der Waals surface area contributed by atoms with E-state index in [1.807, 2.05) is 0 Å². The summed E-state index contributed by atoms with van der Waals surface area (Å²) in [5.74, 6) is -0.288. The van der Waals surface area contributed by atoms with E-state index < -0.39 is 10.0 Å². The first-order valence-electron chi connectivity index (χ1n) is 7.13. The number of hydrogen-bond acceptors (Lipinski definition) is 5. The predicted molar refractivity (Wildman–Crippen MR) is 80.1 cm³/mol. The molecule has 1 aliphatic rings. The number of nitrogens with one attached hydrogen (secondary N) is 1. The first-order valence-corrected chi connectivity index (χ1v) is 8.57. The Hall–Kier alpha value is -1.48. The molecule has 1 heterocycles. The minimum absolute atomic E-state index is 0.0109. The number of hydrogen-bond donors (Lipinski definition) is 2. The summed E-state index contributed by atoms with van der Waals surface area (Å²) in [7, 11) is -3.54. The summed E-state index contributed by atoms with van der Waals surface area (Å²) in [6.45, 7) is 1.85. The topological polar surface area (TPSA) is 95.9 Å². The first-order chi connectivity index (χ1) is 10.6. The number of nitrogens with zero attached hydrogens (tertiary/aromatic N) is 1. The zero-order valence-electron chi connectivity index (χ0n) is 12.2. The lowest BCUT2D eigenvalue weighted by atomic mass is 10.2. The van der Waals surface area contributed by atoms with Gasteiger partial charge in [0.2, 0.25) is 10.0 Å². The van der Waals surface area contributed by atoms with Gasteiger partial charge in [0.1, 0.15) is 0 Å². The van der Waals surface area contributed by atoms with Gasteiger partial charge in [-0.2, -0.15) is 4.31 Å². The van der Waals surface area contributed by atoms with Gasteiger partial charge in [0.05, 0.1) is 18.1 Å². The van der Waals surface area contributed by atoms with Gasteiger partial charge in [-0.3, -0.25) is 4.79 Å². The highest BCUT2D eigenvalue weighted by molar-refractivity contribution is 7.89. The van der Waals surface area contributed by atoms with E-state index in [9.17, 15) is 13.2 Å². The second-order valence-electron chi connectivity index (χ2n) is 4.87. The second kappa shape index (κ2) is 7.68. The van der Waals surface area contributed by atoms with Crippen molar-refractivity contribution in [3.8, 4) is 0 Å². The highest BCUT2D eigenvalue weighted by Crippen LogP contribution is 2.17. The Kier molecular flexibility index (Phi) is 5.90. The molecular weight excluding hydrogens is 308 g/mol. The van der Waals surface area contributed by atoms with Crippen LogP contribution in [0.4, 0.5) is 0 Å². The molecule has 1 aliphatic heterocycles. The summed E-state index contributed by atoms with van der Waals surface area (Å²) in [5, 5.41) is 11.3. The largest absolute Gasteiger partial charge is 0.396 e. The fourth-order valence-electron chi connectivity index (χ4n) is 2.10. The Bertz CT molecular complexity index is 594. The molecule has 0 saturated carbocycles. The lowest BCUT2D eigenvalue weighted by Crippen LogP contribution is -2.40. The molecule has 2 N–H and O–H groups in total. The van der Waals surface area contributed by atoms with Crippen molar-refractivity contribution in [3.05, 3.63) is 29.8 Å². The molecule has 0 atom stereocenters. The average Bonchev–Trinajstić information content (AvgIpc) is 2.56. The monoisotopic (exact) mass is 328 g/mol. The van der Waals surface area contributed by atoms with Gasteiger partial charge in [0.25, 0.3) is 5.91 Å². The van der Waals surface area contributed by atoms with Crippen LogP contribution in [0.5, 0.6) is 0 Å². The molecule has 2 rings (SSSR count). The maximum Gasteiger partial charge on any atom is 0.251 e. The lowest BCUT2D eigenvalue weighted by Gasteiger charge is -2.26. The number of carbonyl (C=O) groups is 1. The summed E-state index contributed by atoms with van der Waals surface area (Å²) in [6.07, 6.45) is 0.481. The number of aliphatic hydroxyl groups is 1. The second-order valence-corrected chi connectivity index (χ2v) is 6.81. The highest BCUT2D eigenvalue weighted by Gasteiger charge is 2.26. The SMILES string of the molecule is O=C(NCCCO)c1ccc(S(=O)(=O)N2CCOCC2)cc1. The average molecular weight is 328 g/mol. The fourth-order valence-corrected chi connectivity index (χ4v) is 3.51. The van der Waals surface area contributed by atoms with Crippen LogP contribution in [0.3, 0.4) is 0 Å². The van der Waals surface area contributed by atoms with Gasteiger partial charge in [0, 0.05) is 31.8 Å². The van der Waals surface area contributed by atoms with Gasteiger partial charge in [-0.15, -0.1) is 0 Å². The van der Waals surface area contributed by atoms with Gasteiger partial charge in [-0.1, -0.05) is 0 Å². The molecule has 1 aromatic carbocycles. The number of ether oxygens (including phenoxy) is 1. The maximum atomic E-state index is 12.4. The van der Waals surface area contributed by atoms with Gasteiger partial charge < -0.3 is 15.2 Å². The summed E-state index contributed by atoms with van der Waals surface area (Å²) in [4.78, 5) is 12.0. The molecule has 1 fully saturated rings. The van der Waals surface area contributed by atoms with E-state index >= 15 is 0 Å². The third kappa shape index (κ3) is 4.04. The summed E-state index contributed by atoms with van der Waals surface area (Å²) in [6, 6.07) is 5.85. The van der Waals surface area contributed by atoms with E-state index in [1.165, 1.54) is 28.6 Å². The molecule has 0 radical (unpaired) electrons.